The molecule has 0 aromatic heterocycles. The van der Waals surface area contributed by atoms with Crippen LogP contribution < -0.4 is 14.8 Å². The average Bonchev–Trinajstić information content (AvgIpc) is 2.92. The minimum absolute atomic E-state index is 0. The standard InChI is InChI=1S/C13H15N3O7.ClH/c1-7(13(18)19)15(2)5-12(17)14-8-3-10-11(23-6-22-10)4-9(8)16(20)21;/h3-4,7H,5-6H2,1-2H3,(H,14,17)(H,18,19);1H. The number of carbonyl (C=O) groups is 2. The largest absolute Gasteiger partial charge is 0.480 e. The van der Waals surface area contributed by atoms with Crippen LogP contribution in [0.25, 0.3) is 0 Å². The van der Waals surface area contributed by atoms with Gasteiger partial charge in [0.15, 0.2) is 11.5 Å². The summed E-state index contributed by atoms with van der Waals surface area (Å²) < 4.78 is 10.2. The topological polar surface area (TPSA) is 131 Å². The van der Waals surface area contributed by atoms with Gasteiger partial charge in [-0.2, -0.15) is 0 Å². The van der Waals surface area contributed by atoms with Gasteiger partial charge < -0.3 is 19.9 Å². The summed E-state index contributed by atoms with van der Waals surface area (Å²) in [7, 11) is 1.46. The third-order valence-electron chi connectivity index (χ3n) is 3.37. The molecule has 1 aromatic carbocycles. The summed E-state index contributed by atoms with van der Waals surface area (Å²) in [5, 5.41) is 22.4. The molecule has 24 heavy (non-hydrogen) atoms. The van der Waals surface area contributed by atoms with Crippen LogP contribution in [0.1, 0.15) is 6.92 Å². The number of carboxylic acids is 1. The third kappa shape index (κ3) is 4.24. The lowest BCUT2D eigenvalue weighted by Gasteiger charge is -2.20. The van der Waals surface area contributed by atoms with E-state index in [0.717, 1.165) is 0 Å². The maximum atomic E-state index is 12.0. The van der Waals surface area contributed by atoms with Gasteiger partial charge in [-0.15, -0.1) is 12.4 Å². The van der Waals surface area contributed by atoms with Gasteiger partial charge in [0.25, 0.3) is 5.69 Å². The Morgan fingerprint density at radius 3 is 2.54 bits per heavy atom. The van der Waals surface area contributed by atoms with E-state index in [0.29, 0.717) is 0 Å². The Kier molecular flexibility index (Phi) is 6.32. The maximum Gasteiger partial charge on any atom is 0.320 e. The number of aliphatic carboxylic acids is 1. The van der Waals surface area contributed by atoms with Crippen LogP contribution in [-0.4, -0.2) is 53.2 Å². The summed E-state index contributed by atoms with van der Waals surface area (Å²) in [6, 6.07) is 1.60. The summed E-state index contributed by atoms with van der Waals surface area (Å²) in [6.07, 6.45) is 0. The molecule has 0 fully saturated rings. The molecule has 0 saturated carbocycles. The molecule has 2 N–H and O–H groups in total. The molecule has 1 aliphatic rings. The Morgan fingerprint density at radius 1 is 1.42 bits per heavy atom. The highest BCUT2D eigenvalue weighted by molar-refractivity contribution is 5.95. The molecule has 0 spiro atoms. The summed E-state index contributed by atoms with van der Waals surface area (Å²) >= 11 is 0. The number of halogens is 1. The molecule has 0 saturated heterocycles. The Bertz CT molecular complexity index is 667. The minimum Gasteiger partial charge on any atom is -0.480 e. The van der Waals surface area contributed by atoms with Crippen LogP contribution in [0, 0.1) is 10.1 Å². The molecule has 132 valence electrons. The van der Waals surface area contributed by atoms with Crippen LogP contribution in [0.2, 0.25) is 0 Å². The highest BCUT2D eigenvalue weighted by Gasteiger charge is 2.25. The number of nitro groups is 1. The summed E-state index contributed by atoms with van der Waals surface area (Å²) in [5.41, 5.74) is -0.378. The monoisotopic (exact) mass is 361 g/mol. The molecule has 1 atom stereocenters. The van der Waals surface area contributed by atoms with Crippen molar-refractivity contribution in [3.8, 4) is 11.5 Å². The number of amides is 1. The highest BCUT2D eigenvalue weighted by atomic mass is 35.5. The molecule has 1 amide bonds. The van der Waals surface area contributed by atoms with Crippen molar-refractivity contribution in [1.82, 2.24) is 4.90 Å². The van der Waals surface area contributed by atoms with Crippen LogP contribution in [-0.2, 0) is 9.59 Å². The van der Waals surface area contributed by atoms with Crippen molar-refractivity contribution in [3.05, 3.63) is 22.2 Å². The van der Waals surface area contributed by atoms with Gasteiger partial charge in [0.2, 0.25) is 12.7 Å². The molecule has 1 aromatic rings. The fraction of sp³-hybridized carbons (Fsp3) is 0.385. The van der Waals surface area contributed by atoms with Gasteiger partial charge >= 0.3 is 5.97 Å². The van der Waals surface area contributed by atoms with Gasteiger partial charge in [0, 0.05) is 6.07 Å². The number of hydrogen-bond donors (Lipinski definition) is 2. The fourth-order valence-corrected chi connectivity index (χ4v) is 1.92. The van der Waals surface area contributed by atoms with Gasteiger partial charge in [-0.25, -0.2) is 0 Å². The lowest BCUT2D eigenvalue weighted by atomic mass is 10.2. The number of rotatable bonds is 6. The zero-order chi connectivity index (χ0) is 17.1. The Hall–Kier alpha value is -2.59. The smallest absolute Gasteiger partial charge is 0.320 e. The van der Waals surface area contributed by atoms with E-state index >= 15 is 0 Å². The molecule has 0 aliphatic carbocycles. The van der Waals surface area contributed by atoms with Crippen molar-refractivity contribution in [2.24, 2.45) is 0 Å². The number of fused-ring (bicyclic) bond motifs is 1. The summed E-state index contributed by atoms with van der Waals surface area (Å²) in [4.78, 5) is 34.6. The van der Waals surface area contributed by atoms with Crippen LogP contribution in [0.15, 0.2) is 12.1 Å². The Balaban J connectivity index is 0.00000288. The van der Waals surface area contributed by atoms with Crippen molar-refractivity contribution in [3.63, 3.8) is 0 Å². The van der Waals surface area contributed by atoms with Crippen LogP contribution in [0.4, 0.5) is 11.4 Å². The van der Waals surface area contributed by atoms with Crippen molar-refractivity contribution in [2.75, 3.05) is 25.7 Å². The van der Waals surface area contributed by atoms with Gasteiger partial charge in [-0.05, 0) is 14.0 Å². The van der Waals surface area contributed by atoms with Crippen LogP contribution in [0.3, 0.4) is 0 Å². The number of anilines is 1. The van der Waals surface area contributed by atoms with E-state index < -0.39 is 22.8 Å². The van der Waals surface area contributed by atoms with Gasteiger partial charge in [-0.3, -0.25) is 24.6 Å². The van der Waals surface area contributed by atoms with Gasteiger partial charge in [-0.1, -0.05) is 0 Å². The number of hydrogen-bond acceptors (Lipinski definition) is 7. The number of ether oxygens (including phenoxy) is 2. The molecule has 1 unspecified atom stereocenters. The zero-order valence-electron chi connectivity index (χ0n) is 12.8. The molecular weight excluding hydrogens is 346 g/mol. The van der Waals surface area contributed by atoms with Crippen LogP contribution in [0.5, 0.6) is 11.5 Å². The van der Waals surface area contributed by atoms with E-state index in [4.69, 9.17) is 14.6 Å². The molecule has 11 heteroatoms. The van der Waals surface area contributed by atoms with Crippen LogP contribution >= 0.6 is 12.4 Å². The maximum absolute atomic E-state index is 12.0. The molecule has 0 radical (unpaired) electrons. The summed E-state index contributed by atoms with van der Waals surface area (Å²) in [5.74, 6) is -1.14. The SMILES string of the molecule is CC(C(=O)O)N(C)CC(=O)Nc1cc2c(cc1[N+](=O)[O-])OCO2.Cl. The lowest BCUT2D eigenvalue weighted by Crippen LogP contribution is -2.40. The normalized spacial score (nSPS) is 13.1. The number of nitrogens with zero attached hydrogens (tertiary/aromatic N) is 2. The van der Waals surface area contributed by atoms with E-state index in [1.165, 1.54) is 31.0 Å². The molecule has 0 bridgehead atoms. The minimum atomic E-state index is -1.07. The number of nitrogens with one attached hydrogen (secondary N) is 1. The number of benzene rings is 1. The quantitative estimate of drug-likeness (QED) is 0.568. The first-order valence-corrected chi connectivity index (χ1v) is 6.60. The first kappa shape index (κ1) is 19.5. The van der Waals surface area contributed by atoms with E-state index in [1.54, 1.807) is 0 Å². The second kappa shape index (κ2) is 7.79. The van der Waals surface area contributed by atoms with Crippen molar-refractivity contribution in [2.45, 2.75) is 13.0 Å². The van der Waals surface area contributed by atoms with E-state index in [-0.39, 0.29) is 48.6 Å². The Labute approximate surface area is 142 Å². The van der Waals surface area contributed by atoms with Crippen molar-refractivity contribution in [1.29, 1.82) is 0 Å². The fourth-order valence-electron chi connectivity index (χ4n) is 1.92. The van der Waals surface area contributed by atoms with E-state index in [1.807, 2.05) is 0 Å². The van der Waals surface area contributed by atoms with E-state index in [9.17, 15) is 19.7 Å². The first-order chi connectivity index (χ1) is 10.8. The van der Waals surface area contributed by atoms with Gasteiger partial charge in [0.1, 0.15) is 11.7 Å². The third-order valence-corrected chi connectivity index (χ3v) is 3.37. The predicted octanol–water partition coefficient (Wildman–Crippen LogP) is 1.09. The molecule has 1 aliphatic heterocycles. The predicted molar refractivity (Wildman–Crippen MR) is 84.8 cm³/mol. The van der Waals surface area contributed by atoms with Gasteiger partial charge in [0.05, 0.1) is 17.5 Å². The molecule has 2 rings (SSSR count). The molecule has 1 heterocycles. The van der Waals surface area contributed by atoms with Crippen molar-refractivity contribution >= 4 is 35.7 Å². The lowest BCUT2D eigenvalue weighted by molar-refractivity contribution is -0.384. The number of carboxylic acid groups (broad SMARTS) is 1. The second-order valence-electron chi connectivity index (χ2n) is 4.96. The molecular formula is C13H16ClN3O7. The number of carbonyl (C=O) groups excluding carboxylic acids is 1. The summed E-state index contributed by atoms with van der Waals surface area (Å²) in [6.45, 7) is 1.14. The highest BCUT2D eigenvalue weighted by Crippen LogP contribution is 2.40. The zero-order valence-corrected chi connectivity index (χ0v) is 13.7. The Morgan fingerprint density at radius 2 is 2.00 bits per heavy atom. The molecule has 10 nitrogen and oxygen atoms in total. The average molecular weight is 362 g/mol. The number of nitro benzene ring substituents is 1. The second-order valence-corrected chi connectivity index (χ2v) is 4.96. The first-order valence-electron chi connectivity index (χ1n) is 6.60. The van der Waals surface area contributed by atoms with E-state index in [2.05, 4.69) is 5.32 Å². The number of likely N-dealkylation sites (N-methyl/N-ethyl adjacent to an activating group) is 1. The van der Waals surface area contributed by atoms with Crippen molar-refractivity contribution < 1.29 is 29.1 Å².